The molecule has 2 aromatic carbocycles. The molecule has 2 aromatic rings. The van der Waals surface area contributed by atoms with Crippen molar-refractivity contribution in [2.24, 2.45) is 5.73 Å². The predicted molar refractivity (Wildman–Crippen MR) is 106 cm³/mol. The van der Waals surface area contributed by atoms with Gasteiger partial charge in [0, 0.05) is 17.9 Å². The number of nitrogens with two attached hydrogens (primary N) is 1. The van der Waals surface area contributed by atoms with Gasteiger partial charge in [0.15, 0.2) is 12.2 Å². The molecule has 1 aliphatic heterocycles. The van der Waals surface area contributed by atoms with Crippen LogP contribution in [-0.2, 0) is 20.5 Å². The summed E-state index contributed by atoms with van der Waals surface area (Å²) in [5, 5.41) is 19.8. The molecular formula is C20H18F4N4O4. The molecule has 0 aliphatic carbocycles. The summed E-state index contributed by atoms with van der Waals surface area (Å²) in [4.78, 5) is 26.2. The van der Waals surface area contributed by atoms with Crippen LogP contribution >= 0.6 is 0 Å². The third kappa shape index (κ3) is 4.86. The molecule has 0 spiro atoms. The Labute approximate surface area is 179 Å². The summed E-state index contributed by atoms with van der Waals surface area (Å²) in [6.07, 6.45) is -8.13. The van der Waals surface area contributed by atoms with E-state index in [1.807, 2.05) is 0 Å². The SMILES string of the molecule is N=C(N)c1ccc(NC(=O)[C@H](O)[C@H]2OCCN(c3ccc(C(F)(F)F)cc3)C2=O)cc1F. The number of aliphatic hydroxyl groups is 1. The molecule has 170 valence electrons. The Bertz CT molecular complexity index is 1040. The lowest BCUT2D eigenvalue weighted by molar-refractivity contribution is -0.150. The number of aliphatic hydroxyl groups excluding tert-OH is 1. The van der Waals surface area contributed by atoms with Gasteiger partial charge in [-0.05, 0) is 42.5 Å². The van der Waals surface area contributed by atoms with Crippen LogP contribution in [-0.4, -0.2) is 48.1 Å². The average molecular weight is 454 g/mol. The normalized spacial score (nSPS) is 17.7. The van der Waals surface area contributed by atoms with Crippen molar-refractivity contribution in [2.45, 2.75) is 18.4 Å². The lowest BCUT2D eigenvalue weighted by Gasteiger charge is -2.34. The second kappa shape index (κ2) is 8.93. The third-order valence-corrected chi connectivity index (χ3v) is 4.71. The van der Waals surface area contributed by atoms with E-state index in [0.29, 0.717) is 0 Å². The van der Waals surface area contributed by atoms with E-state index in [1.165, 1.54) is 6.07 Å². The van der Waals surface area contributed by atoms with Crippen molar-refractivity contribution in [1.29, 1.82) is 5.41 Å². The van der Waals surface area contributed by atoms with Crippen molar-refractivity contribution >= 4 is 29.0 Å². The minimum Gasteiger partial charge on any atom is -0.384 e. The number of alkyl halides is 3. The van der Waals surface area contributed by atoms with Gasteiger partial charge in [0.05, 0.1) is 17.7 Å². The largest absolute Gasteiger partial charge is 0.416 e. The number of hydrogen-bond donors (Lipinski definition) is 4. The van der Waals surface area contributed by atoms with E-state index in [4.69, 9.17) is 15.9 Å². The minimum absolute atomic E-state index is 0.00670. The zero-order chi connectivity index (χ0) is 23.6. The lowest BCUT2D eigenvalue weighted by atomic mass is 10.1. The number of ether oxygens (including phenoxy) is 1. The van der Waals surface area contributed by atoms with Gasteiger partial charge in [-0.25, -0.2) is 4.39 Å². The molecule has 0 bridgehead atoms. The molecule has 1 fully saturated rings. The zero-order valence-corrected chi connectivity index (χ0v) is 16.3. The summed E-state index contributed by atoms with van der Waals surface area (Å²) < 4.78 is 57.4. The number of carbonyl (C=O) groups excluding carboxylic acids is 2. The van der Waals surface area contributed by atoms with Gasteiger partial charge < -0.3 is 25.8 Å². The first-order chi connectivity index (χ1) is 15.0. The first-order valence-corrected chi connectivity index (χ1v) is 9.22. The maximum absolute atomic E-state index is 13.9. The maximum Gasteiger partial charge on any atom is 0.416 e. The highest BCUT2D eigenvalue weighted by Gasteiger charge is 2.39. The van der Waals surface area contributed by atoms with Crippen LogP contribution in [0.5, 0.6) is 0 Å². The topological polar surface area (TPSA) is 129 Å². The fraction of sp³-hybridized carbons (Fsp3) is 0.250. The highest BCUT2D eigenvalue weighted by Crippen LogP contribution is 2.31. The molecule has 0 unspecified atom stereocenters. The number of hydrogen-bond acceptors (Lipinski definition) is 5. The number of amidine groups is 1. The first-order valence-electron chi connectivity index (χ1n) is 9.22. The lowest BCUT2D eigenvalue weighted by Crippen LogP contribution is -2.55. The molecule has 5 N–H and O–H groups in total. The average Bonchev–Trinajstić information content (AvgIpc) is 2.72. The van der Waals surface area contributed by atoms with Crippen LogP contribution in [0.25, 0.3) is 0 Å². The standard InChI is InChI=1S/C20H18F4N4O4/c21-14-9-11(3-6-13(14)17(25)26)27-18(30)15(29)16-19(31)28(7-8-32-16)12-4-1-10(2-5-12)20(22,23)24/h1-6,9,15-16,29H,7-8H2,(H3,25,26)(H,27,30)/t15-,16-/m1/s1. The fourth-order valence-corrected chi connectivity index (χ4v) is 3.08. The van der Waals surface area contributed by atoms with Crippen LogP contribution in [0.2, 0.25) is 0 Å². The second-order valence-corrected chi connectivity index (χ2v) is 6.87. The van der Waals surface area contributed by atoms with Crippen LogP contribution < -0.4 is 16.0 Å². The number of nitrogens with zero attached hydrogens (tertiary/aromatic N) is 1. The van der Waals surface area contributed by atoms with Gasteiger partial charge in [0.1, 0.15) is 11.7 Å². The Hall–Kier alpha value is -3.51. The van der Waals surface area contributed by atoms with Gasteiger partial charge in [-0.3, -0.25) is 15.0 Å². The molecule has 1 heterocycles. The van der Waals surface area contributed by atoms with Gasteiger partial charge in [0.2, 0.25) is 0 Å². The van der Waals surface area contributed by atoms with Crippen LogP contribution in [0.1, 0.15) is 11.1 Å². The van der Waals surface area contributed by atoms with E-state index < -0.39 is 47.4 Å². The van der Waals surface area contributed by atoms with Gasteiger partial charge >= 0.3 is 6.18 Å². The van der Waals surface area contributed by atoms with Crippen molar-refractivity contribution in [3.63, 3.8) is 0 Å². The van der Waals surface area contributed by atoms with Crippen LogP contribution in [0.15, 0.2) is 42.5 Å². The molecule has 2 atom stereocenters. The molecule has 2 amide bonds. The zero-order valence-electron chi connectivity index (χ0n) is 16.3. The number of rotatable bonds is 5. The van der Waals surface area contributed by atoms with Crippen molar-refractivity contribution in [3.8, 4) is 0 Å². The second-order valence-electron chi connectivity index (χ2n) is 6.87. The number of morpholine rings is 1. The summed E-state index contributed by atoms with van der Waals surface area (Å²) in [5.74, 6) is -3.27. The molecule has 8 nitrogen and oxygen atoms in total. The van der Waals surface area contributed by atoms with E-state index in [2.05, 4.69) is 5.32 Å². The Morgan fingerprint density at radius 3 is 2.47 bits per heavy atom. The van der Waals surface area contributed by atoms with E-state index >= 15 is 0 Å². The van der Waals surface area contributed by atoms with Gasteiger partial charge in [-0.1, -0.05) is 0 Å². The quantitative estimate of drug-likeness (QED) is 0.312. The number of benzene rings is 2. The molecule has 12 heteroatoms. The number of nitrogens with one attached hydrogen (secondary N) is 2. The monoisotopic (exact) mass is 454 g/mol. The molecule has 0 aromatic heterocycles. The summed E-state index contributed by atoms with van der Waals surface area (Å²) in [5.41, 5.74) is 4.24. The Balaban J connectivity index is 1.71. The molecule has 3 rings (SSSR count). The van der Waals surface area contributed by atoms with E-state index in [-0.39, 0.29) is 30.1 Å². The highest BCUT2D eigenvalue weighted by molar-refractivity contribution is 6.04. The van der Waals surface area contributed by atoms with E-state index in [9.17, 15) is 32.3 Å². The van der Waals surface area contributed by atoms with Crippen LogP contribution in [0, 0.1) is 11.2 Å². The van der Waals surface area contributed by atoms with Crippen molar-refractivity contribution in [2.75, 3.05) is 23.4 Å². The van der Waals surface area contributed by atoms with Crippen LogP contribution in [0.3, 0.4) is 0 Å². The first kappa shape index (κ1) is 23.2. The van der Waals surface area contributed by atoms with E-state index in [0.717, 1.165) is 41.3 Å². The van der Waals surface area contributed by atoms with Gasteiger partial charge in [-0.15, -0.1) is 0 Å². The van der Waals surface area contributed by atoms with Crippen molar-refractivity contribution in [1.82, 2.24) is 0 Å². The number of halogens is 4. The molecule has 1 aliphatic rings. The molecule has 0 radical (unpaired) electrons. The Morgan fingerprint density at radius 1 is 1.25 bits per heavy atom. The molecule has 1 saturated heterocycles. The number of anilines is 2. The number of amides is 2. The number of carbonyl (C=O) groups is 2. The number of nitrogen functional groups attached to an aromatic ring is 1. The van der Waals surface area contributed by atoms with Crippen LogP contribution in [0.4, 0.5) is 28.9 Å². The summed E-state index contributed by atoms with van der Waals surface area (Å²) in [7, 11) is 0. The van der Waals surface area contributed by atoms with Gasteiger partial charge in [-0.2, -0.15) is 13.2 Å². The third-order valence-electron chi connectivity index (χ3n) is 4.71. The summed E-state index contributed by atoms with van der Waals surface area (Å²) in [6, 6.07) is 7.14. The Kier molecular flexibility index (Phi) is 6.46. The fourth-order valence-electron chi connectivity index (χ4n) is 3.08. The highest BCUT2D eigenvalue weighted by atomic mass is 19.4. The van der Waals surface area contributed by atoms with Gasteiger partial charge in [0.25, 0.3) is 11.8 Å². The predicted octanol–water partition coefficient (Wildman–Crippen LogP) is 1.86. The van der Waals surface area contributed by atoms with Crippen molar-refractivity contribution < 1.29 is 37.0 Å². The van der Waals surface area contributed by atoms with E-state index in [1.54, 1.807) is 0 Å². The minimum atomic E-state index is -4.54. The Morgan fingerprint density at radius 2 is 1.91 bits per heavy atom. The van der Waals surface area contributed by atoms with Crippen molar-refractivity contribution in [3.05, 3.63) is 59.4 Å². The molecule has 0 saturated carbocycles. The molecular weight excluding hydrogens is 436 g/mol. The smallest absolute Gasteiger partial charge is 0.384 e. The maximum atomic E-state index is 13.9. The summed E-state index contributed by atoms with van der Waals surface area (Å²) in [6.45, 7) is -0.0730. The molecule has 32 heavy (non-hydrogen) atoms. The summed E-state index contributed by atoms with van der Waals surface area (Å²) >= 11 is 0.